The first-order valence-electron chi connectivity index (χ1n) is 11.3. The minimum Gasteiger partial charge on any atom is -0.486 e. The van der Waals surface area contributed by atoms with Crippen molar-refractivity contribution < 1.29 is 27.4 Å². The van der Waals surface area contributed by atoms with Crippen LogP contribution in [-0.4, -0.2) is 63.3 Å². The second-order valence-electron chi connectivity index (χ2n) is 8.36. The number of carbonyl (C=O) groups excluding carboxylic acids is 1. The second kappa shape index (κ2) is 10.7. The summed E-state index contributed by atoms with van der Waals surface area (Å²) >= 11 is 6.22. The van der Waals surface area contributed by atoms with Crippen LogP contribution in [0.3, 0.4) is 0 Å². The first-order chi connectivity index (χ1) is 16.3. The van der Waals surface area contributed by atoms with Gasteiger partial charge in [-0.3, -0.25) is 9.69 Å². The molecule has 2 aromatic rings. The Bertz CT molecular complexity index is 1010. The number of hydrogen-bond donors (Lipinski definition) is 1. The van der Waals surface area contributed by atoms with E-state index in [0.717, 1.165) is 37.7 Å². The molecule has 4 rings (SSSR count). The van der Waals surface area contributed by atoms with Crippen molar-refractivity contribution in [3.8, 4) is 11.5 Å². The standard InChI is InChI=1S/C24H27ClF3N3O3/c25-20-13-17(14-21-23(20)34-12-11-33-21)15-22(32)29-5-2-6-30-7-9-31(10-8-30)19-4-1-3-18(16-19)24(26,27)28/h1,3-4,13-14,16H,2,5-12,15H2,(H,29,32). The third-order valence-electron chi connectivity index (χ3n) is 5.91. The van der Waals surface area contributed by atoms with Crippen molar-refractivity contribution in [3.63, 3.8) is 0 Å². The third kappa shape index (κ3) is 6.27. The van der Waals surface area contributed by atoms with Crippen LogP contribution in [0.1, 0.15) is 17.5 Å². The third-order valence-corrected chi connectivity index (χ3v) is 6.19. The highest BCUT2D eigenvalue weighted by Gasteiger charge is 2.31. The van der Waals surface area contributed by atoms with E-state index in [1.165, 1.54) is 12.1 Å². The SMILES string of the molecule is O=C(Cc1cc(Cl)c2c(c1)OCCO2)NCCCN1CCN(c2cccc(C(F)(F)F)c2)CC1. The van der Waals surface area contributed by atoms with Gasteiger partial charge < -0.3 is 19.7 Å². The Morgan fingerprint density at radius 3 is 2.59 bits per heavy atom. The summed E-state index contributed by atoms with van der Waals surface area (Å²) in [4.78, 5) is 16.6. The van der Waals surface area contributed by atoms with E-state index in [1.54, 1.807) is 18.2 Å². The summed E-state index contributed by atoms with van der Waals surface area (Å²) in [6, 6.07) is 8.97. The average molecular weight is 498 g/mol. The fourth-order valence-electron chi connectivity index (χ4n) is 4.15. The van der Waals surface area contributed by atoms with E-state index in [0.29, 0.717) is 55.1 Å². The first-order valence-corrected chi connectivity index (χ1v) is 11.7. The average Bonchev–Trinajstić information content (AvgIpc) is 2.82. The fourth-order valence-corrected chi connectivity index (χ4v) is 4.44. The van der Waals surface area contributed by atoms with Crippen LogP contribution in [0.15, 0.2) is 36.4 Å². The molecule has 10 heteroatoms. The van der Waals surface area contributed by atoms with Crippen molar-refractivity contribution in [2.75, 3.05) is 57.4 Å². The molecule has 1 saturated heterocycles. The monoisotopic (exact) mass is 497 g/mol. The van der Waals surface area contributed by atoms with E-state index in [2.05, 4.69) is 10.2 Å². The van der Waals surface area contributed by atoms with E-state index in [1.807, 2.05) is 4.90 Å². The number of benzene rings is 2. The van der Waals surface area contributed by atoms with Gasteiger partial charge in [0.15, 0.2) is 11.5 Å². The lowest BCUT2D eigenvalue weighted by molar-refractivity contribution is -0.137. The Morgan fingerprint density at radius 2 is 1.82 bits per heavy atom. The molecule has 6 nitrogen and oxygen atoms in total. The fraction of sp³-hybridized carbons (Fsp3) is 0.458. The number of nitrogens with zero attached hydrogens (tertiary/aromatic N) is 2. The number of nitrogens with one attached hydrogen (secondary N) is 1. The van der Waals surface area contributed by atoms with Crippen molar-refractivity contribution >= 4 is 23.2 Å². The van der Waals surface area contributed by atoms with Crippen molar-refractivity contribution in [2.24, 2.45) is 0 Å². The molecular formula is C24H27ClF3N3O3. The van der Waals surface area contributed by atoms with Crippen LogP contribution in [0.25, 0.3) is 0 Å². The topological polar surface area (TPSA) is 54.0 Å². The van der Waals surface area contributed by atoms with Crippen molar-refractivity contribution in [3.05, 3.63) is 52.5 Å². The lowest BCUT2D eigenvalue weighted by atomic mass is 10.1. The molecule has 2 aliphatic heterocycles. The van der Waals surface area contributed by atoms with Crippen LogP contribution < -0.4 is 19.7 Å². The molecular weight excluding hydrogens is 471 g/mol. The van der Waals surface area contributed by atoms with E-state index in [4.69, 9.17) is 21.1 Å². The highest BCUT2D eigenvalue weighted by atomic mass is 35.5. The molecule has 2 aliphatic rings. The van der Waals surface area contributed by atoms with E-state index in [-0.39, 0.29) is 12.3 Å². The molecule has 2 heterocycles. The van der Waals surface area contributed by atoms with Crippen molar-refractivity contribution in [2.45, 2.75) is 19.0 Å². The first kappa shape index (κ1) is 24.5. The molecule has 0 spiro atoms. The lowest BCUT2D eigenvalue weighted by Crippen LogP contribution is -2.47. The number of piperazine rings is 1. The molecule has 1 fully saturated rings. The summed E-state index contributed by atoms with van der Waals surface area (Å²) in [6.07, 6.45) is -3.35. The molecule has 0 atom stereocenters. The van der Waals surface area contributed by atoms with Gasteiger partial charge in [-0.15, -0.1) is 0 Å². The van der Waals surface area contributed by atoms with Gasteiger partial charge in [0, 0.05) is 38.4 Å². The van der Waals surface area contributed by atoms with Crippen LogP contribution in [0.4, 0.5) is 18.9 Å². The molecule has 184 valence electrons. The molecule has 0 saturated carbocycles. The van der Waals surface area contributed by atoms with Gasteiger partial charge in [-0.2, -0.15) is 13.2 Å². The van der Waals surface area contributed by atoms with Crippen LogP contribution >= 0.6 is 11.6 Å². The van der Waals surface area contributed by atoms with E-state index in [9.17, 15) is 18.0 Å². The minimum atomic E-state index is -4.34. The van der Waals surface area contributed by atoms with Gasteiger partial charge in [0.05, 0.1) is 17.0 Å². The summed E-state index contributed by atoms with van der Waals surface area (Å²) < 4.78 is 49.9. The van der Waals surface area contributed by atoms with Crippen LogP contribution in [0.5, 0.6) is 11.5 Å². The van der Waals surface area contributed by atoms with E-state index >= 15 is 0 Å². The number of anilines is 1. The van der Waals surface area contributed by atoms with Gasteiger partial charge in [0.2, 0.25) is 5.91 Å². The van der Waals surface area contributed by atoms with Gasteiger partial charge >= 0.3 is 6.18 Å². The Morgan fingerprint density at radius 1 is 1.06 bits per heavy atom. The number of hydrogen-bond acceptors (Lipinski definition) is 5. The lowest BCUT2D eigenvalue weighted by Gasteiger charge is -2.36. The highest BCUT2D eigenvalue weighted by molar-refractivity contribution is 6.32. The maximum Gasteiger partial charge on any atom is 0.416 e. The molecule has 0 aromatic heterocycles. The number of fused-ring (bicyclic) bond motifs is 1. The molecule has 0 aliphatic carbocycles. The van der Waals surface area contributed by atoms with Gasteiger partial charge in [-0.1, -0.05) is 17.7 Å². The molecule has 0 unspecified atom stereocenters. The maximum absolute atomic E-state index is 13.0. The largest absolute Gasteiger partial charge is 0.486 e. The predicted molar refractivity (Wildman–Crippen MR) is 124 cm³/mol. The Kier molecular flexibility index (Phi) is 7.73. The van der Waals surface area contributed by atoms with Crippen molar-refractivity contribution in [1.82, 2.24) is 10.2 Å². The van der Waals surface area contributed by atoms with Gasteiger partial charge in [0.25, 0.3) is 0 Å². The Balaban J connectivity index is 1.16. The summed E-state index contributed by atoms with van der Waals surface area (Å²) in [6.45, 7) is 5.12. The molecule has 2 aromatic carbocycles. The van der Waals surface area contributed by atoms with Crippen LogP contribution in [0.2, 0.25) is 5.02 Å². The summed E-state index contributed by atoms with van der Waals surface area (Å²) in [7, 11) is 0. The zero-order valence-corrected chi connectivity index (χ0v) is 19.4. The Labute approximate surface area is 201 Å². The number of amides is 1. The summed E-state index contributed by atoms with van der Waals surface area (Å²) in [5, 5.41) is 3.36. The van der Waals surface area contributed by atoms with Gasteiger partial charge in [-0.05, 0) is 48.9 Å². The number of rotatable bonds is 7. The molecule has 1 N–H and O–H groups in total. The molecule has 1 amide bonds. The zero-order valence-electron chi connectivity index (χ0n) is 18.7. The molecule has 0 radical (unpaired) electrons. The number of halogens is 4. The number of carbonyl (C=O) groups is 1. The quantitative estimate of drug-likeness (QED) is 0.586. The predicted octanol–water partition coefficient (Wildman–Crippen LogP) is 4.00. The molecule has 0 bridgehead atoms. The van der Waals surface area contributed by atoms with Gasteiger partial charge in [-0.25, -0.2) is 0 Å². The normalized spacial score (nSPS) is 16.4. The summed E-state index contributed by atoms with van der Waals surface area (Å²) in [5.41, 5.74) is 0.736. The summed E-state index contributed by atoms with van der Waals surface area (Å²) in [5.74, 6) is 0.984. The molecule has 34 heavy (non-hydrogen) atoms. The van der Waals surface area contributed by atoms with Crippen LogP contribution in [0, 0.1) is 0 Å². The Hall–Kier alpha value is -2.65. The van der Waals surface area contributed by atoms with Crippen molar-refractivity contribution in [1.29, 1.82) is 0 Å². The van der Waals surface area contributed by atoms with Gasteiger partial charge in [0.1, 0.15) is 13.2 Å². The van der Waals surface area contributed by atoms with Crippen LogP contribution in [-0.2, 0) is 17.4 Å². The number of alkyl halides is 3. The van der Waals surface area contributed by atoms with E-state index < -0.39 is 11.7 Å². The number of ether oxygens (including phenoxy) is 2. The second-order valence-corrected chi connectivity index (χ2v) is 8.77. The highest BCUT2D eigenvalue weighted by Crippen LogP contribution is 2.38. The zero-order chi connectivity index (χ0) is 24.1. The maximum atomic E-state index is 13.0. The minimum absolute atomic E-state index is 0.0953. The smallest absolute Gasteiger partial charge is 0.416 e.